The third kappa shape index (κ3) is 3.31. The van der Waals surface area contributed by atoms with E-state index in [0.717, 1.165) is 4.68 Å². The van der Waals surface area contributed by atoms with Crippen LogP contribution >= 0.6 is 0 Å². The average Bonchev–Trinajstić information content (AvgIpc) is 3.07. The summed E-state index contributed by atoms with van der Waals surface area (Å²) in [5.74, 6) is -0.274. The van der Waals surface area contributed by atoms with Crippen LogP contribution in [0.2, 0.25) is 0 Å². The Labute approximate surface area is 150 Å². The minimum absolute atomic E-state index is 0.0399. The van der Waals surface area contributed by atoms with E-state index in [0.29, 0.717) is 18.0 Å². The molecule has 1 aromatic carbocycles. The minimum Gasteiger partial charge on any atom is -0.497 e. The van der Waals surface area contributed by atoms with E-state index < -0.39 is 15.8 Å². The standard InChI is InChI=1S/C17H17FN4O3S/c1-19-11-12-10-16(22(21-12)15-4-3-9-20-17(15)18)26(23,24)14-7-5-13(25-2)6-8-14/h3-10,19H,11H2,1-2H3. The van der Waals surface area contributed by atoms with Crippen LogP contribution in [-0.2, 0) is 16.4 Å². The van der Waals surface area contributed by atoms with E-state index in [1.165, 1.54) is 43.6 Å². The van der Waals surface area contributed by atoms with Crippen LogP contribution in [0.1, 0.15) is 5.69 Å². The van der Waals surface area contributed by atoms with Gasteiger partial charge in [0.25, 0.3) is 0 Å². The highest BCUT2D eigenvalue weighted by Gasteiger charge is 2.26. The molecule has 0 aliphatic carbocycles. The Morgan fingerprint density at radius 1 is 1.23 bits per heavy atom. The molecule has 0 radical (unpaired) electrons. The molecular formula is C17H17FN4O3S. The molecule has 9 heteroatoms. The summed E-state index contributed by atoms with van der Waals surface area (Å²) in [4.78, 5) is 3.63. The predicted molar refractivity (Wildman–Crippen MR) is 92.5 cm³/mol. The lowest BCUT2D eigenvalue weighted by molar-refractivity contribution is 0.414. The normalized spacial score (nSPS) is 11.5. The number of sulfone groups is 1. The summed E-state index contributed by atoms with van der Waals surface area (Å²) in [6.45, 7) is 0.333. The van der Waals surface area contributed by atoms with Gasteiger partial charge in [-0.25, -0.2) is 18.1 Å². The molecule has 136 valence electrons. The van der Waals surface area contributed by atoms with Crippen LogP contribution in [0, 0.1) is 5.95 Å². The molecule has 0 saturated heterocycles. The molecule has 26 heavy (non-hydrogen) atoms. The molecule has 1 N–H and O–H groups in total. The molecule has 0 aliphatic rings. The molecule has 0 saturated carbocycles. The third-order valence-corrected chi connectivity index (χ3v) is 5.43. The van der Waals surface area contributed by atoms with Gasteiger partial charge in [0.1, 0.15) is 11.4 Å². The van der Waals surface area contributed by atoms with Crippen molar-refractivity contribution in [2.24, 2.45) is 0 Å². The van der Waals surface area contributed by atoms with Crippen molar-refractivity contribution in [2.45, 2.75) is 16.5 Å². The highest BCUT2D eigenvalue weighted by atomic mass is 32.2. The van der Waals surface area contributed by atoms with Crippen LogP contribution in [0.4, 0.5) is 4.39 Å². The van der Waals surface area contributed by atoms with E-state index in [9.17, 15) is 12.8 Å². The van der Waals surface area contributed by atoms with E-state index in [-0.39, 0.29) is 15.6 Å². The van der Waals surface area contributed by atoms with Gasteiger partial charge < -0.3 is 10.1 Å². The second-order valence-electron chi connectivity index (χ2n) is 5.41. The van der Waals surface area contributed by atoms with E-state index in [2.05, 4.69) is 15.4 Å². The number of ether oxygens (including phenoxy) is 1. The zero-order chi connectivity index (χ0) is 18.7. The van der Waals surface area contributed by atoms with Crippen molar-refractivity contribution >= 4 is 9.84 Å². The van der Waals surface area contributed by atoms with E-state index >= 15 is 0 Å². The zero-order valence-corrected chi connectivity index (χ0v) is 15.0. The molecular weight excluding hydrogens is 359 g/mol. The molecule has 0 bridgehead atoms. The summed E-state index contributed by atoms with van der Waals surface area (Å²) in [5.41, 5.74) is 0.421. The number of rotatable bonds is 6. The summed E-state index contributed by atoms with van der Waals surface area (Å²) in [6, 6.07) is 10.3. The maximum absolute atomic E-state index is 14.1. The third-order valence-electron chi connectivity index (χ3n) is 3.70. The van der Waals surface area contributed by atoms with Crippen molar-refractivity contribution in [1.29, 1.82) is 0 Å². The Kier molecular flexibility index (Phi) is 5.01. The predicted octanol–water partition coefficient (Wildman–Crippen LogP) is 1.97. The fourth-order valence-corrected chi connectivity index (χ4v) is 3.85. The van der Waals surface area contributed by atoms with Gasteiger partial charge in [-0.15, -0.1) is 0 Å². The molecule has 3 rings (SSSR count). The smallest absolute Gasteiger partial charge is 0.238 e. The number of methoxy groups -OCH3 is 1. The molecule has 0 atom stereocenters. The van der Waals surface area contributed by atoms with E-state index in [4.69, 9.17) is 4.74 Å². The van der Waals surface area contributed by atoms with Gasteiger partial charge >= 0.3 is 0 Å². The van der Waals surface area contributed by atoms with Crippen molar-refractivity contribution < 1.29 is 17.5 Å². The Bertz CT molecular complexity index is 1020. The van der Waals surface area contributed by atoms with Gasteiger partial charge in [-0.05, 0) is 43.4 Å². The Hall–Kier alpha value is -2.78. The van der Waals surface area contributed by atoms with Crippen LogP contribution in [0.15, 0.2) is 58.6 Å². The van der Waals surface area contributed by atoms with Crippen LogP contribution in [0.25, 0.3) is 5.69 Å². The summed E-state index contributed by atoms with van der Waals surface area (Å²) >= 11 is 0. The Morgan fingerprint density at radius 2 is 1.96 bits per heavy atom. The van der Waals surface area contributed by atoms with Crippen LogP contribution in [-0.4, -0.2) is 37.3 Å². The molecule has 0 unspecified atom stereocenters. The number of hydrogen-bond donors (Lipinski definition) is 1. The first-order valence-electron chi connectivity index (χ1n) is 7.71. The highest BCUT2D eigenvalue weighted by Crippen LogP contribution is 2.26. The van der Waals surface area contributed by atoms with Gasteiger partial charge in [0, 0.05) is 18.8 Å². The second-order valence-corrected chi connectivity index (χ2v) is 7.30. The second kappa shape index (κ2) is 7.22. The summed E-state index contributed by atoms with van der Waals surface area (Å²) in [7, 11) is -0.731. The number of nitrogens with one attached hydrogen (secondary N) is 1. The maximum Gasteiger partial charge on any atom is 0.238 e. The van der Waals surface area contributed by atoms with E-state index in [1.807, 2.05) is 0 Å². The molecule has 2 aromatic heterocycles. The van der Waals surface area contributed by atoms with Crippen LogP contribution in [0.5, 0.6) is 5.75 Å². The number of halogens is 1. The molecule has 0 fully saturated rings. The van der Waals surface area contributed by atoms with Crippen molar-refractivity contribution in [3.8, 4) is 11.4 Å². The lowest BCUT2D eigenvalue weighted by Gasteiger charge is -2.09. The first kappa shape index (κ1) is 18.0. The summed E-state index contributed by atoms with van der Waals surface area (Å²) in [6.07, 6.45) is 1.29. The lowest BCUT2D eigenvalue weighted by atomic mass is 10.3. The van der Waals surface area contributed by atoms with Crippen molar-refractivity contribution in [2.75, 3.05) is 14.2 Å². The van der Waals surface area contributed by atoms with Gasteiger partial charge in [0.15, 0.2) is 5.03 Å². The van der Waals surface area contributed by atoms with Crippen LogP contribution < -0.4 is 10.1 Å². The molecule has 3 aromatic rings. The fraction of sp³-hybridized carbons (Fsp3) is 0.176. The minimum atomic E-state index is -3.93. The monoisotopic (exact) mass is 376 g/mol. The van der Waals surface area contributed by atoms with Crippen molar-refractivity contribution in [3.05, 3.63) is 60.3 Å². The topological polar surface area (TPSA) is 86.1 Å². The SMILES string of the molecule is CNCc1cc(S(=O)(=O)c2ccc(OC)cc2)n(-c2cccnc2F)n1. The first-order valence-corrected chi connectivity index (χ1v) is 9.19. The van der Waals surface area contributed by atoms with Crippen LogP contribution in [0.3, 0.4) is 0 Å². The van der Waals surface area contributed by atoms with Crippen molar-refractivity contribution in [3.63, 3.8) is 0 Å². The average molecular weight is 376 g/mol. The number of aromatic nitrogens is 3. The number of nitrogens with zero attached hydrogens (tertiary/aromatic N) is 3. The Morgan fingerprint density at radius 3 is 2.58 bits per heavy atom. The van der Waals surface area contributed by atoms with Gasteiger partial charge in [-0.3, -0.25) is 0 Å². The van der Waals surface area contributed by atoms with Gasteiger partial charge in [-0.1, -0.05) is 0 Å². The largest absolute Gasteiger partial charge is 0.497 e. The van der Waals surface area contributed by atoms with Gasteiger partial charge in [0.2, 0.25) is 15.8 Å². The molecule has 7 nitrogen and oxygen atoms in total. The highest BCUT2D eigenvalue weighted by molar-refractivity contribution is 7.91. The molecule has 0 spiro atoms. The van der Waals surface area contributed by atoms with E-state index in [1.54, 1.807) is 19.2 Å². The molecule has 0 aliphatic heterocycles. The van der Waals surface area contributed by atoms with Gasteiger partial charge in [-0.2, -0.15) is 9.49 Å². The lowest BCUT2D eigenvalue weighted by Crippen LogP contribution is -2.12. The molecule has 0 amide bonds. The Balaban J connectivity index is 2.17. The fourth-order valence-electron chi connectivity index (χ4n) is 2.45. The maximum atomic E-state index is 14.1. The van der Waals surface area contributed by atoms with Gasteiger partial charge in [0.05, 0.1) is 17.7 Å². The number of pyridine rings is 1. The first-order chi connectivity index (χ1) is 12.5. The van der Waals surface area contributed by atoms with Crippen molar-refractivity contribution in [1.82, 2.24) is 20.1 Å². The quantitative estimate of drug-likeness (QED) is 0.662. The zero-order valence-electron chi connectivity index (χ0n) is 14.2. The molecule has 2 heterocycles. The summed E-state index contributed by atoms with van der Waals surface area (Å²) in [5, 5.41) is 6.99. The number of hydrogen-bond acceptors (Lipinski definition) is 6. The number of benzene rings is 1. The summed E-state index contributed by atoms with van der Waals surface area (Å²) < 4.78 is 46.4.